The summed E-state index contributed by atoms with van der Waals surface area (Å²) >= 11 is 0. The van der Waals surface area contributed by atoms with Gasteiger partial charge in [0.15, 0.2) is 0 Å². The third kappa shape index (κ3) is 3.26. The van der Waals surface area contributed by atoms with Gasteiger partial charge >= 0.3 is 0 Å². The highest BCUT2D eigenvalue weighted by Gasteiger charge is 2.28. The number of rotatable bonds is 2. The number of aryl methyl sites for hydroxylation is 1. The van der Waals surface area contributed by atoms with Gasteiger partial charge in [0.05, 0.1) is 25.5 Å². The fourth-order valence-electron chi connectivity index (χ4n) is 3.50. The molecule has 0 saturated carbocycles. The number of carbonyl (C=O) groups is 1. The first-order valence-corrected chi connectivity index (χ1v) is 8.86. The van der Waals surface area contributed by atoms with Crippen LogP contribution in [0, 0.1) is 12.7 Å². The molecule has 0 unspecified atom stereocenters. The maximum Gasteiger partial charge on any atom is 0.254 e. The summed E-state index contributed by atoms with van der Waals surface area (Å²) in [6.07, 6.45) is 0.697. The van der Waals surface area contributed by atoms with Gasteiger partial charge in [-0.1, -0.05) is 0 Å². The Balaban J connectivity index is 1.62. The number of hydrogen-bond donors (Lipinski definition) is 0. The molecule has 0 N–H and O–H groups in total. The van der Waals surface area contributed by atoms with Crippen molar-refractivity contribution in [3.63, 3.8) is 0 Å². The van der Waals surface area contributed by atoms with Crippen LogP contribution in [0.5, 0.6) is 0 Å². The Bertz CT molecular complexity index is 819. The lowest BCUT2D eigenvalue weighted by Gasteiger charge is -2.34. The van der Waals surface area contributed by atoms with E-state index in [9.17, 15) is 9.18 Å². The van der Waals surface area contributed by atoms with Gasteiger partial charge in [-0.15, -0.1) is 0 Å². The monoisotopic (exact) mass is 356 g/mol. The molecule has 0 aliphatic carbocycles. The summed E-state index contributed by atoms with van der Waals surface area (Å²) in [4.78, 5) is 26.1. The lowest BCUT2D eigenvalue weighted by atomic mass is 10.0. The minimum absolute atomic E-state index is 0.0934. The number of carbonyl (C=O) groups excluding carboxylic acids is 1. The summed E-state index contributed by atoms with van der Waals surface area (Å²) in [7, 11) is 0. The van der Waals surface area contributed by atoms with Gasteiger partial charge in [-0.3, -0.25) is 4.79 Å². The molecule has 136 valence electrons. The highest BCUT2D eigenvalue weighted by Crippen LogP contribution is 2.28. The molecule has 26 heavy (non-hydrogen) atoms. The van der Waals surface area contributed by atoms with E-state index in [0.29, 0.717) is 38.3 Å². The Kier molecular flexibility index (Phi) is 4.55. The summed E-state index contributed by atoms with van der Waals surface area (Å²) in [5, 5.41) is 0. The first-order chi connectivity index (χ1) is 12.6. The van der Waals surface area contributed by atoms with E-state index in [4.69, 9.17) is 4.74 Å². The Morgan fingerprint density at radius 3 is 2.58 bits per heavy atom. The number of halogens is 1. The topological polar surface area (TPSA) is 58.6 Å². The first kappa shape index (κ1) is 16.9. The summed E-state index contributed by atoms with van der Waals surface area (Å²) in [5.74, 6) is 1.23. The number of hydrogen-bond acceptors (Lipinski definition) is 5. The van der Waals surface area contributed by atoms with Gasteiger partial charge in [0, 0.05) is 37.2 Å². The Labute approximate surface area is 151 Å². The Morgan fingerprint density at radius 2 is 1.85 bits per heavy atom. The fourth-order valence-corrected chi connectivity index (χ4v) is 3.50. The number of morpholine rings is 1. The molecule has 2 aromatic rings. The molecular weight excluding hydrogens is 335 g/mol. The van der Waals surface area contributed by atoms with Crippen LogP contribution >= 0.6 is 0 Å². The lowest BCUT2D eigenvalue weighted by Crippen LogP contribution is -2.41. The number of fused-ring (bicyclic) bond motifs is 1. The molecule has 2 aliphatic heterocycles. The maximum absolute atomic E-state index is 13.1. The van der Waals surface area contributed by atoms with Crippen LogP contribution in [0.4, 0.5) is 10.2 Å². The molecule has 7 heteroatoms. The number of anilines is 1. The minimum Gasteiger partial charge on any atom is -0.378 e. The smallest absolute Gasteiger partial charge is 0.254 e. The number of nitrogens with zero attached hydrogens (tertiary/aromatic N) is 4. The van der Waals surface area contributed by atoms with E-state index in [2.05, 4.69) is 14.9 Å². The molecule has 0 spiro atoms. The molecule has 1 fully saturated rings. The van der Waals surface area contributed by atoms with Crippen LogP contribution in [0.15, 0.2) is 24.3 Å². The predicted octanol–water partition coefficient (Wildman–Crippen LogP) is 1.96. The number of amides is 1. The van der Waals surface area contributed by atoms with E-state index in [-0.39, 0.29) is 11.7 Å². The highest BCUT2D eigenvalue weighted by molar-refractivity contribution is 5.94. The van der Waals surface area contributed by atoms with Gasteiger partial charge in [0.1, 0.15) is 17.5 Å². The van der Waals surface area contributed by atoms with Crippen molar-refractivity contribution >= 4 is 11.7 Å². The third-order valence-corrected chi connectivity index (χ3v) is 4.84. The quantitative estimate of drug-likeness (QED) is 0.823. The van der Waals surface area contributed by atoms with E-state index in [1.54, 1.807) is 4.90 Å². The Morgan fingerprint density at radius 1 is 1.12 bits per heavy atom. The van der Waals surface area contributed by atoms with Crippen molar-refractivity contribution in [2.75, 3.05) is 37.7 Å². The molecule has 1 amide bonds. The van der Waals surface area contributed by atoms with E-state index in [0.717, 1.165) is 36.0 Å². The first-order valence-electron chi connectivity index (χ1n) is 8.86. The molecule has 1 aromatic carbocycles. The largest absolute Gasteiger partial charge is 0.378 e. The normalized spacial score (nSPS) is 17.2. The van der Waals surface area contributed by atoms with Crippen molar-refractivity contribution in [2.24, 2.45) is 0 Å². The average molecular weight is 356 g/mol. The van der Waals surface area contributed by atoms with Gasteiger partial charge < -0.3 is 14.5 Å². The Hall–Kier alpha value is -2.54. The number of ether oxygens (including phenoxy) is 1. The molecule has 6 nitrogen and oxygen atoms in total. The summed E-state index contributed by atoms with van der Waals surface area (Å²) < 4.78 is 18.6. The SMILES string of the molecule is Cc1nc2c(c(N3CCOCC3)n1)CN(C(=O)c1ccc(F)cc1)CC2. The second-order valence-electron chi connectivity index (χ2n) is 6.60. The predicted molar refractivity (Wildman–Crippen MR) is 94.6 cm³/mol. The summed E-state index contributed by atoms with van der Waals surface area (Å²) in [6.45, 7) is 5.90. The van der Waals surface area contributed by atoms with Crippen molar-refractivity contribution in [2.45, 2.75) is 19.9 Å². The minimum atomic E-state index is -0.344. The van der Waals surface area contributed by atoms with E-state index in [1.165, 1.54) is 24.3 Å². The van der Waals surface area contributed by atoms with Crippen molar-refractivity contribution in [1.29, 1.82) is 0 Å². The van der Waals surface area contributed by atoms with E-state index < -0.39 is 0 Å². The van der Waals surface area contributed by atoms with Crippen LogP contribution < -0.4 is 4.90 Å². The lowest BCUT2D eigenvalue weighted by molar-refractivity contribution is 0.0733. The van der Waals surface area contributed by atoms with Gasteiger partial charge in [0.2, 0.25) is 0 Å². The third-order valence-electron chi connectivity index (χ3n) is 4.84. The standard InChI is InChI=1S/C19H21FN4O2/c1-13-21-17-6-7-24(19(25)14-2-4-15(20)5-3-14)12-16(17)18(22-13)23-8-10-26-11-9-23/h2-5H,6-12H2,1H3. The number of aromatic nitrogens is 2. The fraction of sp³-hybridized carbons (Fsp3) is 0.421. The molecule has 2 aliphatic rings. The van der Waals surface area contributed by atoms with E-state index in [1.807, 2.05) is 6.92 Å². The van der Waals surface area contributed by atoms with Crippen molar-refractivity contribution in [1.82, 2.24) is 14.9 Å². The molecule has 4 rings (SSSR count). The van der Waals surface area contributed by atoms with Crippen LogP contribution in [0.3, 0.4) is 0 Å². The van der Waals surface area contributed by atoms with Gasteiger partial charge in [-0.05, 0) is 31.2 Å². The van der Waals surface area contributed by atoms with Gasteiger partial charge in [0.25, 0.3) is 5.91 Å². The molecule has 1 saturated heterocycles. The molecule has 0 bridgehead atoms. The second kappa shape index (κ2) is 6.99. The number of benzene rings is 1. The highest BCUT2D eigenvalue weighted by atomic mass is 19.1. The van der Waals surface area contributed by atoms with E-state index >= 15 is 0 Å². The van der Waals surface area contributed by atoms with Crippen molar-refractivity contribution < 1.29 is 13.9 Å². The van der Waals surface area contributed by atoms with Crippen LogP contribution in [0.1, 0.15) is 27.4 Å². The average Bonchev–Trinajstić information content (AvgIpc) is 2.68. The molecule has 0 atom stereocenters. The van der Waals surface area contributed by atoms with Gasteiger partial charge in [-0.2, -0.15) is 0 Å². The zero-order valence-corrected chi connectivity index (χ0v) is 14.7. The van der Waals surface area contributed by atoms with Crippen molar-refractivity contribution in [3.05, 3.63) is 52.7 Å². The molecule has 1 aromatic heterocycles. The van der Waals surface area contributed by atoms with Crippen LogP contribution in [-0.2, 0) is 17.7 Å². The zero-order valence-electron chi connectivity index (χ0n) is 14.7. The maximum atomic E-state index is 13.1. The van der Waals surface area contributed by atoms with Gasteiger partial charge in [-0.25, -0.2) is 14.4 Å². The van der Waals surface area contributed by atoms with Crippen LogP contribution in [0.2, 0.25) is 0 Å². The second-order valence-corrected chi connectivity index (χ2v) is 6.60. The molecule has 0 radical (unpaired) electrons. The van der Waals surface area contributed by atoms with Crippen molar-refractivity contribution in [3.8, 4) is 0 Å². The summed E-state index contributed by atoms with van der Waals surface area (Å²) in [5.41, 5.74) is 2.53. The molecular formula is C19H21FN4O2. The van der Waals surface area contributed by atoms with Crippen LogP contribution in [0.25, 0.3) is 0 Å². The zero-order chi connectivity index (χ0) is 18.1. The summed E-state index contributed by atoms with van der Waals surface area (Å²) in [6, 6.07) is 5.69. The molecule has 3 heterocycles. The van der Waals surface area contributed by atoms with Crippen LogP contribution in [-0.4, -0.2) is 53.6 Å².